The van der Waals surface area contributed by atoms with Crippen molar-refractivity contribution in [2.75, 3.05) is 25.0 Å². The summed E-state index contributed by atoms with van der Waals surface area (Å²) >= 11 is 0. The van der Waals surface area contributed by atoms with Gasteiger partial charge in [0.05, 0.1) is 0 Å². The van der Waals surface area contributed by atoms with E-state index in [1.54, 1.807) is 0 Å². The quantitative estimate of drug-likeness (QED) is 0.737. The van der Waals surface area contributed by atoms with E-state index in [0.29, 0.717) is 11.3 Å². The lowest BCUT2D eigenvalue weighted by Gasteiger charge is -2.27. The highest BCUT2D eigenvalue weighted by Crippen LogP contribution is 2.24. The molecule has 1 rings (SSSR count). The van der Waals surface area contributed by atoms with Gasteiger partial charge in [0.1, 0.15) is 0 Å². The number of hydrogen-bond donors (Lipinski definition) is 2. The van der Waals surface area contributed by atoms with Crippen molar-refractivity contribution >= 4 is 5.69 Å². The highest BCUT2D eigenvalue weighted by Gasteiger charge is 2.18. The molecular weight excluding hydrogens is 208 g/mol. The minimum atomic E-state index is 0.389. The first kappa shape index (κ1) is 14.0. The Balaban J connectivity index is 2.09. The Kier molecular flexibility index (Phi) is 5.49. The first-order valence-corrected chi connectivity index (χ1v) is 6.50. The van der Waals surface area contributed by atoms with Crippen molar-refractivity contribution in [2.45, 2.75) is 27.7 Å². The van der Waals surface area contributed by atoms with Crippen LogP contribution < -0.4 is 10.6 Å². The third kappa shape index (κ3) is 5.73. The van der Waals surface area contributed by atoms with E-state index >= 15 is 0 Å². The summed E-state index contributed by atoms with van der Waals surface area (Å²) in [6, 6.07) is 10.3. The van der Waals surface area contributed by atoms with Gasteiger partial charge in [0.25, 0.3) is 0 Å². The normalized spacial score (nSPS) is 13.4. The highest BCUT2D eigenvalue weighted by molar-refractivity contribution is 5.42. The molecule has 0 aromatic heterocycles. The van der Waals surface area contributed by atoms with Gasteiger partial charge in [-0.1, -0.05) is 45.9 Å². The monoisotopic (exact) mass is 234 g/mol. The van der Waals surface area contributed by atoms with Crippen LogP contribution in [-0.4, -0.2) is 19.6 Å². The second-order valence-corrected chi connectivity index (χ2v) is 5.76. The van der Waals surface area contributed by atoms with Crippen LogP contribution in [0.25, 0.3) is 0 Å². The number of anilines is 1. The average Bonchev–Trinajstić information content (AvgIpc) is 2.28. The molecule has 0 bridgehead atoms. The van der Waals surface area contributed by atoms with Crippen LogP contribution in [0.1, 0.15) is 27.7 Å². The minimum Gasteiger partial charge on any atom is -0.384 e. The van der Waals surface area contributed by atoms with Gasteiger partial charge in [-0.25, -0.2) is 0 Å². The maximum absolute atomic E-state index is 3.50. The Morgan fingerprint density at radius 2 is 1.71 bits per heavy atom. The standard InChI is InChI=1S/C15H26N2/c1-13(15(2,3)4)12-16-10-11-17-14-8-6-5-7-9-14/h5-9,13,16-17H,10-12H2,1-4H3. The van der Waals surface area contributed by atoms with Crippen molar-refractivity contribution in [1.82, 2.24) is 5.32 Å². The Labute approximate surface area is 106 Å². The zero-order chi connectivity index (χ0) is 12.7. The van der Waals surface area contributed by atoms with Crippen LogP contribution in [-0.2, 0) is 0 Å². The molecule has 1 aromatic carbocycles. The van der Waals surface area contributed by atoms with Crippen LogP contribution in [0.15, 0.2) is 30.3 Å². The molecule has 0 aliphatic carbocycles. The molecule has 0 amide bonds. The second kappa shape index (κ2) is 6.65. The van der Waals surface area contributed by atoms with E-state index in [0.717, 1.165) is 19.6 Å². The molecule has 2 N–H and O–H groups in total. The zero-order valence-electron chi connectivity index (χ0n) is 11.6. The summed E-state index contributed by atoms with van der Waals surface area (Å²) in [5.41, 5.74) is 1.58. The summed E-state index contributed by atoms with van der Waals surface area (Å²) in [6.45, 7) is 12.2. The molecule has 0 aliphatic rings. The Hall–Kier alpha value is -1.02. The average molecular weight is 234 g/mol. The van der Waals surface area contributed by atoms with Crippen LogP contribution in [0.2, 0.25) is 0 Å². The zero-order valence-corrected chi connectivity index (χ0v) is 11.6. The molecule has 2 heteroatoms. The van der Waals surface area contributed by atoms with E-state index in [4.69, 9.17) is 0 Å². The van der Waals surface area contributed by atoms with E-state index in [9.17, 15) is 0 Å². The molecule has 0 aliphatic heterocycles. The molecule has 17 heavy (non-hydrogen) atoms. The minimum absolute atomic E-state index is 0.389. The van der Waals surface area contributed by atoms with Crippen molar-refractivity contribution in [3.8, 4) is 0 Å². The van der Waals surface area contributed by atoms with Crippen LogP contribution >= 0.6 is 0 Å². The third-order valence-corrected chi connectivity index (χ3v) is 3.33. The van der Waals surface area contributed by atoms with Gasteiger partial charge in [0, 0.05) is 18.8 Å². The van der Waals surface area contributed by atoms with Crippen LogP contribution in [0.3, 0.4) is 0 Å². The summed E-state index contributed by atoms with van der Waals surface area (Å²) in [7, 11) is 0. The lowest BCUT2D eigenvalue weighted by Crippen LogP contribution is -2.32. The van der Waals surface area contributed by atoms with Crippen molar-refractivity contribution in [3.05, 3.63) is 30.3 Å². The highest BCUT2D eigenvalue weighted by atomic mass is 14.9. The fourth-order valence-electron chi connectivity index (χ4n) is 1.48. The topological polar surface area (TPSA) is 24.1 Å². The van der Waals surface area contributed by atoms with Gasteiger partial charge in [0.15, 0.2) is 0 Å². The van der Waals surface area contributed by atoms with Crippen molar-refractivity contribution in [1.29, 1.82) is 0 Å². The van der Waals surface area contributed by atoms with Crippen molar-refractivity contribution < 1.29 is 0 Å². The predicted molar refractivity (Wildman–Crippen MR) is 76.4 cm³/mol. The summed E-state index contributed by atoms with van der Waals surface area (Å²) in [5.74, 6) is 0.694. The molecule has 0 radical (unpaired) electrons. The largest absolute Gasteiger partial charge is 0.384 e. The Morgan fingerprint density at radius 3 is 2.29 bits per heavy atom. The number of para-hydroxylation sites is 1. The summed E-state index contributed by atoms with van der Waals surface area (Å²) in [5, 5.41) is 6.89. The van der Waals surface area contributed by atoms with Gasteiger partial charge in [-0.15, -0.1) is 0 Å². The number of rotatable bonds is 6. The molecule has 1 unspecified atom stereocenters. The van der Waals surface area contributed by atoms with E-state index in [2.05, 4.69) is 62.6 Å². The predicted octanol–water partition coefficient (Wildman–Crippen LogP) is 3.37. The molecule has 2 nitrogen and oxygen atoms in total. The second-order valence-electron chi connectivity index (χ2n) is 5.76. The van der Waals surface area contributed by atoms with Crippen LogP contribution in [0.4, 0.5) is 5.69 Å². The third-order valence-electron chi connectivity index (χ3n) is 3.33. The molecule has 0 heterocycles. The van der Waals surface area contributed by atoms with Gasteiger partial charge >= 0.3 is 0 Å². The Bertz CT molecular complexity index is 300. The molecular formula is C15H26N2. The molecule has 96 valence electrons. The first-order chi connectivity index (χ1) is 8.00. The number of hydrogen-bond acceptors (Lipinski definition) is 2. The van der Waals surface area contributed by atoms with Crippen molar-refractivity contribution in [3.63, 3.8) is 0 Å². The van der Waals surface area contributed by atoms with Gasteiger partial charge in [0.2, 0.25) is 0 Å². The molecule has 0 saturated heterocycles. The van der Waals surface area contributed by atoms with Gasteiger partial charge in [-0.05, 0) is 30.0 Å². The molecule has 1 aromatic rings. The van der Waals surface area contributed by atoms with E-state index in [-0.39, 0.29) is 0 Å². The van der Waals surface area contributed by atoms with E-state index < -0.39 is 0 Å². The van der Waals surface area contributed by atoms with Crippen molar-refractivity contribution in [2.24, 2.45) is 11.3 Å². The first-order valence-electron chi connectivity index (χ1n) is 6.50. The Morgan fingerprint density at radius 1 is 1.06 bits per heavy atom. The smallest absolute Gasteiger partial charge is 0.0340 e. The SMILES string of the molecule is CC(CNCCNc1ccccc1)C(C)(C)C. The van der Waals surface area contributed by atoms with E-state index in [1.807, 2.05) is 6.07 Å². The van der Waals surface area contributed by atoms with E-state index in [1.165, 1.54) is 5.69 Å². The summed E-state index contributed by atoms with van der Waals surface area (Å²) in [6.07, 6.45) is 0. The van der Waals surface area contributed by atoms with Gasteiger partial charge in [-0.3, -0.25) is 0 Å². The lowest BCUT2D eigenvalue weighted by atomic mass is 9.82. The van der Waals surface area contributed by atoms with Crippen LogP contribution in [0.5, 0.6) is 0 Å². The lowest BCUT2D eigenvalue weighted by molar-refractivity contribution is 0.254. The maximum Gasteiger partial charge on any atom is 0.0340 e. The molecule has 0 fully saturated rings. The molecule has 1 atom stereocenters. The number of benzene rings is 1. The summed E-state index contributed by atoms with van der Waals surface area (Å²) in [4.78, 5) is 0. The number of nitrogens with one attached hydrogen (secondary N) is 2. The fraction of sp³-hybridized carbons (Fsp3) is 0.600. The molecule has 0 spiro atoms. The van der Waals surface area contributed by atoms with Crippen LogP contribution in [0, 0.1) is 11.3 Å². The van der Waals surface area contributed by atoms with Gasteiger partial charge in [-0.2, -0.15) is 0 Å². The maximum atomic E-state index is 3.50. The summed E-state index contributed by atoms with van der Waals surface area (Å²) < 4.78 is 0. The van der Waals surface area contributed by atoms with Gasteiger partial charge < -0.3 is 10.6 Å². The fourth-order valence-corrected chi connectivity index (χ4v) is 1.48. The molecule has 0 saturated carbocycles.